The summed E-state index contributed by atoms with van der Waals surface area (Å²) in [6, 6.07) is 17.6. The van der Waals surface area contributed by atoms with Crippen molar-refractivity contribution < 1.29 is 9.21 Å². The third-order valence-corrected chi connectivity index (χ3v) is 3.66. The maximum absolute atomic E-state index is 12.6. The molecule has 0 bridgehead atoms. The minimum absolute atomic E-state index is 0.0325. The van der Waals surface area contributed by atoms with Gasteiger partial charge >= 0.3 is 0 Å². The number of carbonyl (C=O) groups excluding carboxylic acids is 1. The molecular formula is C18H11NO3. The van der Waals surface area contributed by atoms with E-state index in [0.717, 1.165) is 10.9 Å². The lowest BCUT2D eigenvalue weighted by molar-refractivity contribution is 0.0938. The molecule has 4 aromatic rings. The van der Waals surface area contributed by atoms with Crippen molar-refractivity contribution >= 4 is 27.8 Å². The van der Waals surface area contributed by atoms with Crippen molar-refractivity contribution in [1.29, 1.82) is 0 Å². The zero-order valence-corrected chi connectivity index (χ0v) is 11.5. The zero-order valence-electron chi connectivity index (χ0n) is 11.5. The molecule has 0 N–H and O–H groups in total. The predicted octanol–water partition coefficient (Wildman–Crippen LogP) is 3.44. The molecule has 4 nitrogen and oxygen atoms in total. The summed E-state index contributed by atoms with van der Waals surface area (Å²) < 4.78 is 7.10. The normalized spacial score (nSPS) is 11.1. The van der Waals surface area contributed by atoms with E-state index in [4.69, 9.17) is 4.42 Å². The minimum Gasteiger partial charge on any atom is -0.451 e. The molecule has 0 radical (unpaired) electrons. The van der Waals surface area contributed by atoms with Gasteiger partial charge in [0.15, 0.2) is 11.2 Å². The number of aromatic nitrogens is 1. The lowest BCUT2D eigenvalue weighted by Gasteiger charge is -2.04. The van der Waals surface area contributed by atoms with Crippen LogP contribution in [0.15, 0.2) is 76.1 Å². The molecule has 0 atom stereocenters. The number of rotatable bonds is 1. The van der Waals surface area contributed by atoms with Crippen LogP contribution in [0, 0.1) is 0 Å². The first kappa shape index (κ1) is 12.6. The highest BCUT2D eigenvalue weighted by molar-refractivity contribution is 6.01. The van der Waals surface area contributed by atoms with Gasteiger partial charge in [0, 0.05) is 17.6 Å². The van der Waals surface area contributed by atoms with E-state index in [1.807, 2.05) is 30.3 Å². The highest BCUT2D eigenvalue weighted by Gasteiger charge is 2.15. The molecule has 0 amide bonds. The Kier molecular flexibility index (Phi) is 2.69. The minimum atomic E-state index is -0.357. The van der Waals surface area contributed by atoms with Crippen LogP contribution in [0.4, 0.5) is 0 Å². The summed E-state index contributed by atoms with van der Waals surface area (Å²) in [5.74, 6) is -0.325. The molecule has 106 valence electrons. The van der Waals surface area contributed by atoms with Gasteiger partial charge in [-0.25, -0.2) is 0 Å². The smallest absolute Gasteiger partial charge is 0.298 e. The molecule has 4 rings (SSSR count). The molecule has 2 aromatic heterocycles. The lowest BCUT2D eigenvalue weighted by atomic mass is 10.2. The Morgan fingerprint density at radius 3 is 2.64 bits per heavy atom. The van der Waals surface area contributed by atoms with Gasteiger partial charge in [-0.15, -0.1) is 0 Å². The van der Waals surface area contributed by atoms with Crippen molar-refractivity contribution in [3.8, 4) is 0 Å². The van der Waals surface area contributed by atoms with E-state index in [2.05, 4.69) is 0 Å². The topological polar surface area (TPSA) is 52.2 Å². The average molecular weight is 289 g/mol. The van der Waals surface area contributed by atoms with Gasteiger partial charge in [0.05, 0.1) is 10.9 Å². The highest BCUT2D eigenvalue weighted by atomic mass is 16.3. The Bertz CT molecular complexity index is 1070. The van der Waals surface area contributed by atoms with Gasteiger partial charge in [0.2, 0.25) is 0 Å². The van der Waals surface area contributed by atoms with Crippen LogP contribution >= 0.6 is 0 Å². The SMILES string of the molecule is O=C(c1cc(=O)c2ccccc2o1)n1ccc2ccccc21. The summed E-state index contributed by atoms with van der Waals surface area (Å²) in [6.07, 6.45) is 1.68. The molecule has 0 fully saturated rings. The van der Waals surface area contributed by atoms with E-state index in [9.17, 15) is 9.59 Å². The lowest BCUT2D eigenvalue weighted by Crippen LogP contribution is -2.14. The monoisotopic (exact) mass is 289 g/mol. The van der Waals surface area contributed by atoms with Gasteiger partial charge in [0.1, 0.15) is 5.58 Å². The molecule has 22 heavy (non-hydrogen) atoms. The Hall–Kier alpha value is -3.14. The Labute approximate surface area is 125 Å². The maximum Gasteiger partial charge on any atom is 0.298 e. The van der Waals surface area contributed by atoms with Crippen LogP contribution < -0.4 is 5.43 Å². The van der Waals surface area contributed by atoms with E-state index in [1.54, 1.807) is 30.5 Å². The first-order valence-electron chi connectivity index (χ1n) is 6.88. The van der Waals surface area contributed by atoms with E-state index in [0.29, 0.717) is 11.0 Å². The van der Waals surface area contributed by atoms with Crippen LogP contribution in [-0.2, 0) is 0 Å². The molecule has 0 aliphatic heterocycles. The average Bonchev–Trinajstić information content (AvgIpc) is 2.98. The molecule has 4 heteroatoms. The number of para-hydroxylation sites is 2. The molecule has 0 aliphatic carbocycles. The van der Waals surface area contributed by atoms with E-state index in [1.165, 1.54) is 10.6 Å². The largest absolute Gasteiger partial charge is 0.451 e. The number of nitrogens with zero attached hydrogens (tertiary/aromatic N) is 1. The predicted molar refractivity (Wildman–Crippen MR) is 84.2 cm³/mol. The second-order valence-electron chi connectivity index (χ2n) is 5.02. The van der Waals surface area contributed by atoms with Gasteiger partial charge in [0.25, 0.3) is 5.91 Å². The number of hydrogen-bond donors (Lipinski definition) is 0. The summed E-state index contributed by atoms with van der Waals surface area (Å²) in [4.78, 5) is 24.8. The van der Waals surface area contributed by atoms with Gasteiger partial charge in [-0.2, -0.15) is 0 Å². The number of benzene rings is 2. The van der Waals surface area contributed by atoms with Crippen molar-refractivity contribution in [2.45, 2.75) is 0 Å². The molecule has 0 spiro atoms. The number of hydrogen-bond acceptors (Lipinski definition) is 3. The van der Waals surface area contributed by atoms with Crippen LogP contribution in [0.1, 0.15) is 10.6 Å². The van der Waals surface area contributed by atoms with Gasteiger partial charge in [-0.05, 0) is 24.3 Å². The van der Waals surface area contributed by atoms with Crippen molar-refractivity contribution in [1.82, 2.24) is 4.57 Å². The molecule has 0 aliphatic rings. The second-order valence-corrected chi connectivity index (χ2v) is 5.02. The number of fused-ring (bicyclic) bond motifs is 2. The number of carbonyl (C=O) groups is 1. The molecule has 2 heterocycles. The molecule has 0 unspecified atom stereocenters. The Morgan fingerprint density at radius 2 is 1.73 bits per heavy atom. The van der Waals surface area contributed by atoms with Crippen LogP contribution in [-0.4, -0.2) is 10.5 Å². The highest BCUT2D eigenvalue weighted by Crippen LogP contribution is 2.18. The zero-order chi connectivity index (χ0) is 15.1. The fraction of sp³-hybridized carbons (Fsp3) is 0. The van der Waals surface area contributed by atoms with Crippen molar-refractivity contribution in [3.05, 3.63) is 82.8 Å². The van der Waals surface area contributed by atoms with Gasteiger partial charge < -0.3 is 4.42 Å². The van der Waals surface area contributed by atoms with Gasteiger partial charge in [-0.3, -0.25) is 14.2 Å². The summed E-state index contributed by atoms with van der Waals surface area (Å²) in [5.41, 5.74) is 0.972. The third kappa shape index (κ3) is 1.85. The third-order valence-electron chi connectivity index (χ3n) is 3.66. The fourth-order valence-electron chi connectivity index (χ4n) is 2.59. The summed E-state index contributed by atoms with van der Waals surface area (Å²) in [7, 11) is 0. The standard InChI is InChI=1S/C18H11NO3/c20-15-11-17(22-16-8-4-2-6-13(15)16)18(21)19-10-9-12-5-1-3-7-14(12)19/h1-11H. The molecule has 0 saturated carbocycles. The van der Waals surface area contributed by atoms with Crippen LogP contribution in [0.25, 0.3) is 21.9 Å². The van der Waals surface area contributed by atoms with Gasteiger partial charge in [-0.1, -0.05) is 30.3 Å². The van der Waals surface area contributed by atoms with Crippen LogP contribution in [0.3, 0.4) is 0 Å². The Balaban J connectivity index is 1.91. The molecular weight excluding hydrogens is 278 g/mol. The van der Waals surface area contributed by atoms with E-state index in [-0.39, 0.29) is 17.1 Å². The summed E-state index contributed by atoms with van der Waals surface area (Å²) in [6.45, 7) is 0. The van der Waals surface area contributed by atoms with Crippen molar-refractivity contribution in [2.75, 3.05) is 0 Å². The maximum atomic E-state index is 12.6. The second kappa shape index (κ2) is 4.70. The van der Waals surface area contributed by atoms with E-state index >= 15 is 0 Å². The van der Waals surface area contributed by atoms with Crippen LogP contribution in [0.5, 0.6) is 0 Å². The summed E-state index contributed by atoms with van der Waals surface area (Å²) >= 11 is 0. The van der Waals surface area contributed by atoms with Crippen LogP contribution in [0.2, 0.25) is 0 Å². The Morgan fingerprint density at radius 1 is 0.955 bits per heavy atom. The quantitative estimate of drug-likeness (QED) is 0.539. The van der Waals surface area contributed by atoms with Crippen molar-refractivity contribution in [2.24, 2.45) is 0 Å². The van der Waals surface area contributed by atoms with Crippen molar-refractivity contribution in [3.63, 3.8) is 0 Å². The molecule has 0 saturated heterocycles. The first-order valence-corrected chi connectivity index (χ1v) is 6.88. The first-order chi connectivity index (χ1) is 10.7. The summed E-state index contributed by atoms with van der Waals surface area (Å²) in [5, 5.41) is 1.43. The fourth-order valence-corrected chi connectivity index (χ4v) is 2.59. The molecule has 2 aromatic carbocycles. The van der Waals surface area contributed by atoms with E-state index < -0.39 is 0 Å².